The molecule has 0 atom stereocenters. The maximum Gasteiger partial charge on any atom is 0.321 e. The van der Waals surface area contributed by atoms with E-state index in [1.165, 1.54) is 0 Å². The molecule has 0 unspecified atom stereocenters. The average Bonchev–Trinajstić information content (AvgIpc) is 2.67. The van der Waals surface area contributed by atoms with Crippen molar-refractivity contribution in [3.8, 4) is 0 Å². The highest BCUT2D eigenvalue weighted by Gasteiger charge is 2.24. The number of piperazine rings is 1. The lowest BCUT2D eigenvalue weighted by Crippen LogP contribution is -2.51. The van der Waals surface area contributed by atoms with Crippen LogP contribution in [0.5, 0.6) is 0 Å². The Hall–Kier alpha value is -2.73. The van der Waals surface area contributed by atoms with Gasteiger partial charge in [0.15, 0.2) is 0 Å². The smallest absolute Gasteiger partial charge is 0.321 e. The normalized spacial score (nSPS) is 13.6. The summed E-state index contributed by atoms with van der Waals surface area (Å²) in [5.41, 5.74) is 9.55. The fourth-order valence-corrected chi connectivity index (χ4v) is 3.25. The molecule has 150 valence electrons. The predicted octanol–water partition coefficient (Wildman–Crippen LogP) is 3.31. The minimum absolute atomic E-state index is 0. The van der Waals surface area contributed by atoms with Gasteiger partial charge in [0.05, 0.1) is 0 Å². The van der Waals surface area contributed by atoms with Gasteiger partial charge in [-0.2, -0.15) is 0 Å². The monoisotopic (exact) mass is 402 g/mol. The number of rotatable bonds is 4. The largest absolute Gasteiger partial charge is 0.399 e. The summed E-state index contributed by atoms with van der Waals surface area (Å²) in [6.07, 6.45) is 1.07. The number of nitrogens with two attached hydrogens (primary N) is 1. The van der Waals surface area contributed by atoms with Crippen molar-refractivity contribution in [1.82, 2.24) is 9.80 Å². The molecule has 1 heterocycles. The summed E-state index contributed by atoms with van der Waals surface area (Å²) >= 11 is 0. The minimum atomic E-state index is -0.121. The highest BCUT2D eigenvalue weighted by Crippen LogP contribution is 2.15. The second-order valence-corrected chi connectivity index (χ2v) is 6.87. The van der Waals surface area contributed by atoms with E-state index >= 15 is 0 Å². The average molecular weight is 403 g/mol. The number of hydrogen-bond acceptors (Lipinski definition) is 3. The first-order chi connectivity index (χ1) is 13.0. The van der Waals surface area contributed by atoms with Crippen molar-refractivity contribution in [2.45, 2.75) is 19.8 Å². The Morgan fingerprint density at radius 2 is 1.68 bits per heavy atom. The van der Waals surface area contributed by atoms with Gasteiger partial charge in [0.2, 0.25) is 5.91 Å². The van der Waals surface area contributed by atoms with Crippen LogP contribution in [0.15, 0.2) is 48.5 Å². The van der Waals surface area contributed by atoms with E-state index in [0.717, 1.165) is 22.5 Å². The molecule has 0 radical (unpaired) electrons. The van der Waals surface area contributed by atoms with Crippen molar-refractivity contribution in [1.29, 1.82) is 0 Å². The number of carbonyl (C=O) groups excluding carboxylic acids is 2. The van der Waals surface area contributed by atoms with E-state index in [1.54, 1.807) is 4.90 Å². The highest BCUT2D eigenvalue weighted by atomic mass is 35.5. The fourth-order valence-electron chi connectivity index (χ4n) is 3.25. The van der Waals surface area contributed by atoms with Crippen LogP contribution >= 0.6 is 12.4 Å². The van der Waals surface area contributed by atoms with E-state index in [1.807, 2.05) is 60.4 Å². The van der Waals surface area contributed by atoms with Crippen LogP contribution in [0.25, 0.3) is 0 Å². The van der Waals surface area contributed by atoms with Crippen LogP contribution in [0.1, 0.15) is 17.5 Å². The van der Waals surface area contributed by atoms with Gasteiger partial charge in [0, 0.05) is 44.0 Å². The van der Waals surface area contributed by atoms with Gasteiger partial charge in [-0.1, -0.05) is 30.3 Å². The second-order valence-electron chi connectivity index (χ2n) is 6.87. The number of nitrogens with one attached hydrogen (secondary N) is 1. The molecule has 3 rings (SSSR count). The van der Waals surface area contributed by atoms with Crippen molar-refractivity contribution in [3.63, 3.8) is 0 Å². The van der Waals surface area contributed by atoms with E-state index in [9.17, 15) is 9.59 Å². The van der Waals surface area contributed by atoms with Gasteiger partial charge in [-0.15, -0.1) is 12.4 Å². The number of carbonyl (C=O) groups is 2. The van der Waals surface area contributed by atoms with Crippen molar-refractivity contribution in [2.24, 2.45) is 0 Å². The Kier molecular flexibility index (Phi) is 7.70. The number of anilines is 2. The molecule has 1 aliphatic rings. The van der Waals surface area contributed by atoms with Gasteiger partial charge in [-0.05, 0) is 42.7 Å². The highest BCUT2D eigenvalue weighted by molar-refractivity contribution is 5.89. The van der Waals surface area contributed by atoms with Crippen LogP contribution in [-0.4, -0.2) is 47.9 Å². The Balaban J connectivity index is 0.00000280. The standard InChI is InChI=1S/C21H26N4O2.ClH/c1-16-5-4-7-18(15-16)23-21(27)25-13-11-24(12-14-25)20(26)10-9-17-6-2-3-8-19(17)22;/h2-8,15H,9-14,22H2,1H3,(H,23,27);1H. The molecule has 0 spiro atoms. The Morgan fingerprint density at radius 1 is 1.00 bits per heavy atom. The SMILES string of the molecule is Cc1cccc(NC(=O)N2CCN(C(=O)CCc3ccccc3N)CC2)c1.Cl. The lowest BCUT2D eigenvalue weighted by atomic mass is 10.1. The van der Waals surface area contributed by atoms with Crippen LogP contribution in [0.2, 0.25) is 0 Å². The number of para-hydroxylation sites is 1. The second kappa shape index (κ2) is 9.99. The Morgan fingerprint density at radius 3 is 2.36 bits per heavy atom. The van der Waals surface area contributed by atoms with Crippen LogP contribution < -0.4 is 11.1 Å². The number of nitrogens with zero attached hydrogens (tertiary/aromatic N) is 2. The molecule has 2 aromatic rings. The molecule has 0 aromatic heterocycles. The number of nitrogen functional groups attached to an aromatic ring is 1. The van der Waals surface area contributed by atoms with Crippen molar-refractivity contribution < 1.29 is 9.59 Å². The lowest BCUT2D eigenvalue weighted by Gasteiger charge is -2.34. The van der Waals surface area contributed by atoms with Gasteiger partial charge in [-0.25, -0.2) is 4.79 Å². The van der Waals surface area contributed by atoms with Gasteiger partial charge >= 0.3 is 6.03 Å². The summed E-state index contributed by atoms with van der Waals surface area (Å²) in [5, 5.41) is 2.92. The quantitative estimate of drug-likeness (QED) is 0.770. The molecule has 1 aliphatic heterocycles. The van der Waals surface area contributed by atoms with E-state index in [0.29, 0.717) is 39.0 Å². The third kappa shape index (κ3) is 5.63. The van der Waals surface area contributed by atoms with Crippen LogP contribution in [0, 0.1) is 6.92 Å². The number of amides is 3. The van der Waals surface area contributed by atoms with E-state index in [4.69, 9.17) is 5.73 Å². The number of urea groups is 1. The Labute approximate surface area is 172 Å². The summed E-state index contributed by atoms with van der Waals surface area (Å²) in [6.45, 7) is 4.19. The molecular formula is C21H27ClN4O2. The third-order valence-corrected chi connectivity index (χ3v) is 4.85. The summed E-state index contributed by atoms with van der Waals surface area (Å²) in [4.78, 5) is 28.4. The predicted molar refractivity (Wildman–Crippen MR) is 115 cm³/mol. The van der Waals surface area contributed by atoms with Gasteiger partial charge < -0.3 is 20.9 Å². The van der Waals surface area contributed by atoms with E-state index in [-0.39, 0.29) is 24.3 Å². The van der Waals surface area contributed by atoms with Gasteiger partial charge in [0.1, 0.15) is 0 Å². The number of benzene rings is 2. The van der Waals surface area contributed by atoms with E-state index in [2.05, 4.69) is 5.32 Å². The van der Waals surface area contributed by atoms with Crippen LogP contribution in [0.3, 0.4) is 0 Å². The molecular weight excluding hydrogens is 376 g/mol. The summed E-state index contributed by atoms with van der Waals surface area (Å²) in [6, 6.07) is 15.2. The van der Waals surface area contributed by atoms with Crippen molar-refractivity contribution >= 4 is 35.7 Å². The molecule has 0 bridgehead atoms. The molecule has 0 saturated carbocycles. The molecule has 28 heavy (non-hydrogen) atoms. The molecule has 6 nitrogen and oxygen atoms in total. The topological polar surface area (TPSA) is 78.7 Å². The summed E-state index contributed by atoms with van der Waals surface area (Å²) in [5.74, 6) is 0.108. The molecule has 3 N–H and O–H groups in total. The molecule has 1 fully saturated rings. The fraction of sp³-hybridized carbons (Fsp3) is 0.333. The number of hydrogen-bond donors (Lipinski definition) is 2. The third-order valence-electron chi connectivity index (χ3n) is 4.85. The first-order valence-corrected chi connectivity index (χ1v) is 9.26. The zero-order valence-electron chi connectivity index (χ0n) is 16.1. The maximum atomic E-state index is 12.5. The van der Waals surface area contributed by atoms with Gasteiger partial charge in [0.25, 0.3) is 0 Å². The molecule has 3 amide bonds. The summed E-state index contributed by atoms with van der Waals surface area (Å²) in [7, 11) is 0. The minimum Gasteiger partial charge on any atom is -0.399 e. The summed E-state index contributed by atoms with van der Waals surface area (Å²) < 4.78 is 0. The molecule has 7 heteroatoms. The Bertz CT molecular complexity index is 820. The van der Waals surface area contributed by atoms with Crippen LogP contribution in [0.4, 0.5) is 16.2 Å². The number of aryl methyl sites for hydroxylation is 2. The van der Waals surface area contributed by atoms with Gasteiger partial charge in [-0.3, -0.25) is 4.79 Å². The zero-order valence-corrected chi connectivity index (χ0v) is 16.9. The maximum absolute atomic E-state index is 12.5. The number of halogens is 1. The molecule has 2 aromatic carbocycles. The van der Waals surface area contributed by atoms with Crippen molar-refractivity contribution in [3.05, 3.63) is 59.7 Å². The van der Waals surface area contributed by atoms with Crippen molar-refractivity contribution in [2.75, 3.05) is 37.2 Å². The van der Waals surface area contributed by atoms with E-state index < -0.39 is 0 Å². The molecule has 0 aliphatic carbocycles. The molecule has 1 saturated heterocycles. The first kappa shape index (κ1) is 21.6. The first-order valence-electron chi connectivity index (χ1n) is 9.26. The van der Waals surface area contributed by atoms with Crippen LogP contribution in [-0.2, 0) is 11.2 Å². The lowest BCUT2D eigenvalue weighted by molar-refractivity contribution is -0.132. The zero-order chi connectivity index (χ0) is 19.2.